The van der Waals surface area contributed by atoms with Crippen molar-refractivity contribution in [2.45, 2.75) is 26.0 Å². The van der Waals surface area contributed by atoms with Crippen molar-refractivity contribution in [3.05, 3.63) is 35.9 Å². The van der Waals surface area contributed by atoms with Crippen LogP contribution in [0.2, 0.25) is 0 Å². The summed E-state index contributed by atoms with van der Waals surface area (Å²) in [6, 6.07) is 10.1. The molecule has 0 fully saturated rings. The van der Waals surface area contributed by atoms with E-state index in [9.17, 15) is 5.11 Å². The number of methoxy groups -OCH3 is 1. The van der Waals surface area contributed by atoms with Crippen LogP contribution in [0.1, 0.15) is 25.5 Å². The van der Waals surface area contributed by atoms with E-state index in [2.05, 4.69) is 18.7 Å². The number of hydrogen-bond donors (Lipinski definition) is 1. The third-order valence-corrected chi connectivity index (χ3v) is 3.03. The lowest BCUT2D eigenvalue weighted by Gasteiger charge is -2.29. The predicted octanol–water partition coefficient (Wildman–Crippen LogP) is 2.08. The zero-order valence-electron chi connectivity index (χ0n) is 11.0. The number of nitrogens with zero attached hydrogens (tertiary/aromatic N) is 1. The van der Waals surface area contributed by atoms with Gasteiger partial charge in [0.1, 0.15) is 0 Å². The normalized spacial score (nSPS) is 14.9. The second kappa shape index (κ2) is 7.43. The molecule has 0 amide bonds. The van der Waals surface area contributed by atoms with Gasteiger partial charge in [-0.15, -0.1) is 0 Å². The molecule has 2 unspecified atom stereocenters. The molecule has 96 valence electrons. The topological polar surface area (TPSA) is 32.7 Å². The Morgan fingerprint density at radius 1 is 1.29 bits per heavy atom. The maximum atomic E-state index is 10.2. The summed E-state index contributed by atoms with van der Waals surface area (Å²) in [4.78, 5) is 2.22. The Morgan fingerprint density at radius 2 is 1.94 bits per heavy atom. The summed E-state index contributed by atoms with van der Waals surface area (Å²) in [5, 5.41) is 10.2. The lowest BCUT2D eigenvalue weighted by atomic mass is 10.1. The third-order valence-electron chi connectivity index (χ3n) is 3.03. The Bertz CT molecular complexity index is 302. The van der Waals surface area contributed by atoms with Gasteiger partial charge in [0.2, 0.25) is 0 Å². The quantitative estimate of drug-likeness (QED) is 0.788. The van der Waals surface area contributed by atoms with E-state index in [-0.39, 0.29) is 0 Å². The number of ether oxygens (including phenoxy) is 1. The van der Waals surface area contributed by atoms with E-state index in [0.29, 0.717) is 19.2 Å². The van der Waals surface area contributed by atoms with Crippen LogP contribution in [0.3, 0.4) is 0 Å². The van der Waals surface area contributed by atoms with Crippen molar-refractivity contribution in [2.24, 2.45) is 0 Å². The van der Waals surface area contributed by atoms with Gasteiger partial charge in [0, 0.05) is 19.7 Å². The molecular weight excluding hydrogens is 214 g/mol. The molecule has 0 spiro atoms. The summed E-state index contributed by atoms with van der Waals surface area (Å²) in [5.41, 5.74) is 0.968. The maximum absolute atomic E-state index is 10.2. The van der Waals surface area contributed by atoms with Gasteiger partial charge in [0.15, 0.2) is 0 Å². The zero-order chi connectivity index (χ0) is 12.7. The molecule has 0 aromatic heterocycles. The first-order valence-corrected chi connectivity index (χ1v) is 6.15. The van der Waals surface area contributed by atoms with Gasteiger partial charge in [0.25, 0.3) is 0 Å². The van der Waals surface area contributed by atoms with Gasteiger partial charge >= 0.3 is 0 Å². The van der Waals surface area contributed by atoms with Crippen LogP contribution < -0.4 is 0 Å². The Morgan fingerprint density at radius 3 is 2.47 bits per heavy atom. The molecule has 2 atom stereocenters. The van der Waals surface area contributed by atoms with Crippen molar-refractivity contribution < 1.29 is 9.84 Å². The highest BCUT2D eigenvalue weighted by Crippen LogP contribution is 2.15. The minimum atomic E-state index is -0.435. The molecule has 0 radical (unpaired) electrons. The molecule has 0 bridgehead atoms. The van der Waals surface area contributed by atoms with Gasteiger partial charge in [-0.1, -0.05) is 37.3 Å². The van der Waals surface area contributed by atoms with Crippen molar-refractivity contribution in [1.82, 2.24) is 4.90 Å². The highest BCUT2D eigenvalue weighted by atomic mass is 16.5. The maximum Gasteiger partial charge on any atom is 0.0917 e. The summed E-state index contributed by atoms with van der Waals surface area (Å²) in [5.74, 6) is 0. The highest BCUT2D eigenvalue weighted by molar-refractivity contribution is 5.17. The SMILES string of the molecule is CCN(CC(O)c1ccccc1)C(C)COC. The number of aliphatic hydroxyl groups excluding tert-OH is 1. The smallest absolute Gasteiger partial charge is 0.0917 e. The molecule has 0 saturated carbocycles. The Balaban J connectivity index is 2.56. The van der Waals surface area contributed by atoms with E-state index in [1.165, 1.54) is 0 Å². The van der Waals surface area contributed by atoms with Crippen LogP contribution in [-0.2, 0) is 4.74 Å². The average Bonchev–Trinajstić information content (AvgIpc) is 2.37. The van der Waals surface area contributed by atoms with E-state index in [1.807, 2.05) is 30.3 Å². The average molecular weight is 237 g/mol. The first-order chi connectivity index (χ1) is 8.19. The second-order valence-electron chi connectivity index (χ2n) is 4.32. The van der Waals surface area contributed by atoms with E-state index in [4.69, 9.17) is 4.74 Å². The monoisotopic (exact) mass is 237 g/mol. The minimum absolute atomic E-state index is 0.323. The molecule has 0 heterocycles. The minimum Gasteiger partial charge on any atom is -0.387 e. The van der Waals surface area contributed by atoms with Gasteiger partial charge < -0.3 is 9.84 Å². The molecule has 0 aliphatic rings. The molecule has 1 N–H and O–H groups in total. The van der Waals surface area contributed by atoms with E-state index in [1.54, 1.807) is 7.11 Å². The van der Waals surface area contributed by atoms with E-state index >= 15 is 0 Å². The molecule has 0 aliphatic carbocycles. The number of hydrogen-bond acceptors (Lipinski definition) is 3. The molecule has 1 rings (SSSR count). The summed E-state index contributed by atoms with van der Waals surface area (Å²) < 4.78 is 5.15. The van der Waals surface area contributed by atoms with Crippen LogP contribution in [0.4, 0.5) is 0 Å². The van der Waals surface area contributed by atoms with Crippen molar-refractivity contribution in [1.29, 1.82) is 0 Å². The van der Waals surface area contributed by atoms with Crippen molar-refractivity contribution in [3.8, 4) is 0 Å². The lowest BCUT2D eigenvalue weighted by molar-refractivity contribution is 0.0582. The van der Waals surface area contributed by atoms with E-state index < -0.39 is 6.10 Å². The molecule has 17 heavy (non-hydrogen) atoms. The summed E-state index contributed by atoms with van der Waals surface area (Å²) >= 11 is 0. The van der Waals surface area contributed by atoms with Crippen LogP contribution in [0.15, 0.2) is 30.3 Å². The van der Waals surface area contributed by atoms with Crippen LogP contribution in [0.25, 0.3) is 0 Å². The molecule has 3 nitrogen and oxygen atoms in total. The second-order valence-corrected chi connectivity index (χ2v) is 4.32. The third kappa shape index (κ3) is 4.46. The fourth-order valence-corrected chi connectivity index (χ4v) is 1.97. The van der Waals surface area contributed by atoms with Crippen molar-refractivity contribution in [2.75, 3.05) is 26.8 Å². The first kappa shape index (κ1) is 14.2. The summed E-state index contributed by atoms with van der Waals surface area (Å²) in [7, 11) is 1.71. The zero-order valence-corrected chi connectivity index (χ0v) is 11.0. The van der Waals surface area contributed by atoms with Gasteiger partial charge in [0.05, 0.1) is 12.7 Å². The van der Waals surface area contributed by atoms with Crippen molar-refractivity contribution >= 4 is 0 Å². The fourth-order valence-electron chi connectivity index (χ4n) is 1.97. The Labute approximate surface area is 104 Å². The standard InChI is InChI=1S/C14H23NO2/c1-4-15(12(2)11-17-3)10-14(16)13-8-6-5-7-9-13/h5-9,12,14,16H,4,10-11H2,1-3H3. The number of likely N-dealkylation sites (N-methyl/N-ethyl adjacent to an activating group) is 1. The molecule has 1 aromatic rings. The van der Waals surface area contributed by atoms with Crippen LogP contribution in [-0.4, -0.2) is 42.9 Å². The Kier molecular flexibility index (Phi) is 6.19. The largest absolute Gasteiger partial charge is 0.387 e. The molecule has 3 heteroatoms. The number of aliphatic hydroxyl groups is 1. The Hall–Kier alpha value is -0.900. The van der Waals surface area contributed by atoms with Crippen LogP contribution >= 0.6 is 0 Å². The summed E-state index contributed by atoms with van der Waals surface area (Å²) in [6.07, 6.45) is -0.435. The summed E-state index contributed by atoms with van der Waals surface area (Å²) in [6.45, 7) is 6.46. The first-order valence-electron chi connectivity index (χ1n) is 6.15. The van der Waals surface area contributed by atoms with Crippen LogP contribution in [0.5, 0.6) is 0 Å². The number of benzene rings is 1. The molecule has 0 aliphatic heterocycles. The molecule has 1 aromatic carbocycles. The highest BCUT2D eigenvalue weighted by Gasteiger charge is 2.16. The molecule has 0 saturated heterocycles. The van der Waals surface area contributed by atoms with Gasteiger partial charge in [-0.25, -0.2) is 0 Å². The predicted molar refractivity (Wildman–Crippen MR) is 70.0 cm³/mol. The van der Waals surface area contributed by atoms with Crippen molar-refractivity contribution in [3.63, 3.8) is 0 Å². The number of rotatable bonds is 7. The van der Waals surface area contributed by atoms with Gasteiger partial charge in [-0.3, -0.25) is 4.90 Å². The van der Waals surface area contributed by atoms with E-state index in [0.717, 1.165) is 12.1 Å². The lowest BCUT2D eigenvalue weighted by Crippen LogP contribution is -2.38. The fraction of sp³-hybridized carbons (Fsp3) is 0.571. The van der Waals surface area contributed by atoms with Gasteiger partial charge in [-0.05, 0) is 19.0 Å². The van der Waals surface area contributed by atoms with Crippen LogP contribution in [0, 0.1) is 0 Å². The van der Waals surface area contributed by atoms with Gasteiger partial charge in [-0.2, -0.15) is 0 Å². The molecular formula is C14H23NO2.